The third kappa shape index (κ3) is 30.4. The maximum Gasteiger partial charge on any atom is 0.326 e. The molecule has 0 aliphatic carbocycles. The molecule has 0 saturated carbocycles. The predicted molar refractivity (Wildman–Crippen MR) is 311 cm³/mol. The number of anilines is 4. The molecular weight excluding hydrogens is 1290 g/mol. The van der Waals surface area contributed by atoms with Gasteiger partial charge >= 0.3 is 47.8 Å². The number of carbonyl (C=O) groups is 9. The van der Waals surface area contributed by atoms with E-state index in [1.54, 1.807) is 19.6 Å². The quantitative estimate of drug-likeness (QED) is 0.0423. The van der Waals surface area contributed by atoms with Gasteiger partial charge in [-0.05, 0) is 69.2 Å². The molecule has 0 spiro atoms. The zero-order chi connectivity index (χ0) is 62.3. The molecule has 0 bridgehead atoms. The number of carbonyl (C=O) groups excluding carboxylic acids is 2. The molecule has 2 aliphatic heterocycles. The molecule has 11 N–H and O–H groups in total. The number of benzene rings is 1. The van der Waals surface area contributed by atoms with Gasteiger partial charge in [0.1, 0.15) is 12.1 Å². The SMILES string of the molecule is CN(C)c1nc(Nc2ccc(CC3CN(CC(=O)O)CCN(CC(=O)O)CCN(CC(=O)O)CCN3CC(=O)O)cc2)nc(N2CCN(CCCCCCCCCCC(=O)NCCCC[C@H](NC(=O)N[C@@H](CCC(=O)O)C(=O)O)C(=O)O)CC2)n1.[Lu]. The van der Waals surface area contributed by atoms with Crippen molar-refractivity contribution in [3.8, 4) is 0 Å². The van der Waals surface area contributed by atoms with E-state index in [2.05, 4.69) is 36.1 Å². The molecule has 2 aliphatic rings. The van der Waals surface area contributed by atoms with E-state index in [1.807, 2.05) is 43.3 Å². The van der Waals surface area contributed by atoms with E-state index in [1.165, 1.54) is 0 Å². The first-order valence-electron chi connectivity index (χ1n) is 29.1. The van der Waals surface area contributed by atoms with Crippen LogP contribution < -0.4 is 31.1 Å². The van der Waals surface area contributed by atoms with Crippen molar-refractivity contribution < 1.29 is 116 Å². The van der Waals surface area contributed by atoms with E-state index in [4.69, 9.17) is 15.1 Å². The van der Waals surface area contributed by atoms with Gasteiger partial charge in [0.2, 0.25) is 23.8 Å². The van der Waals surface area contributed by atoms with E-state index in [-0.39, 0.29) is 128 Å². The van der Waals surface area contributed by atoms with E-state index >= 15 is 0 Å². The first-order chi connectivity index (χ1) is 40.5. The van der Waals surface area contributed by atoms with Crippen LogP contribution in [0.3, 0.4) is 0 Å². The first-order valence-corrected chi connectivity index (χ1v) is 29.1. The molecule has 489 valence electrons. The molecule has 3 atom stereocenters. The summed E-state index contributed by atoms with van der Waals surface area (Å²) in [5.41, 5.74) is 1.52. The normalized spacial score (nSPS) is 16.7. The van der Waals surface area contributed by atoms with Crippen molar-refractivity contribution in [3.05, 3.63) is 29.8 Å². The minimum absolute atomic E-state index is 0. The number of rotatable bonds is 37. The van der Waals surface area contributed by atoms with Gasteiger partial charge in [0.25, 0.3) is 0 Å². The van der Waals surface area contributed by atoms with Crippen molar-refractivity contribution >= 4 is 77.3 Å². The molecule has 31 heteroatoms. The summed E-state index contributed by atoms with van der Waals surface area (Å²) in [5.74, 6) is -7.01. The van der Waals surface area contributed by atoms with Crippen LogP contribution in [-0.2, 0) is 44.8 Å². The number of nitrogens with zero attached hydrogens (tertiary/aromatic N) is 10. The predicted octanol–water partition coefficient (Wildman–Crippen LogP) is 1.14. The summed E-state index contributed by atoms with van der Waals surface area (Å²) in [4.78, 5) is 133. The van der Waals surface area contributed by atoms with Gasteiger partial charge in [-0.15, -0.1) is 0 Å². The summed E-state index contributed by atoms with van der Waals surface area (Å²) in [7, 11) is 3.71. The molecule has 1 aromatic carbocycles. The van der Waals surface area contributed by atoms with Crippen LogP contribution in [0.15, 0.2) is 24.3 Å². The Morgan fingerprint density at radius 1 is 0.547 bits per heavy atom. The minimum atomic E-state index is -1.49. The number of aromatic nitrogens is 3. The molecule has 30 nitrogen and oxygen atoms in total. The Morgan fingerprint density at radius 2 is 1.06 bits per heavy atom. The summed E-state index contributed by atoms with van der Waals surface area (Å²) in [5, 5.41) is 77.0. The average molecular weight is 1380 g/mol. The summed E-state index contributed by atoms with van der Waals surface area (Å²) < 4.78 is 0. The Hall–Kier alpha value is -6.31. The number of urea groups is 1. The number of piperazine rings is 1. The Morgan fingerprint density at radius 3 is 1.60 bits per heavy atom. The van der Waals surface area contributed by atoms with Gasteiger partial charge in [0.05, 0.1) is 26.2 Å². The Kier molecular flexibility index (Phi) is 34.6. The third-order valence-corrected chi connectivity index (χ3v) is 14.6. The number of aliphatic carboxylic acids is 7. The van der Waals surface area contributed by atoms with Gasteiger partial charge in [-0.3, -0.25) is 53.3 Å². The van der Waals surface area contributed by atoms with Gasteiger partial charge in [0, 0.05) is 154 Å². The summed E-state index contributed by atoms with van der Waals surface area (Å²) in [6.45, 7) is 4.49. The Labute approximate surface area is 530 Å². The number of hydrogen-bond donors (Lipinski definition) is 11. The van der Waals surface area contributed by atoms with Crippen molar-refractivity contribution in [1.82, 2.24) is 55.4 Å². The third-order valence-electron chi connectivity index (χ3n) is 14.6. The van der Waals surface area contributed by atoms with Gasteiger partial charge in [-0.25, -0.2) is 14.4 Å². The van der Waals surface area contributed by atoms with Crippen LogP contribution in [0.1, 0.15) is 95.5 Å². The standard InChI is InChI=1S/C55H88N14O16.Lu/c1-63(2)53-60-52(57-40-17-15-39(16-18-40)33-41-34-67(37-48(77)78)26-25-65(35-46(73)74)23-24-66(36-47(75)76)29-32-69(41)38-49(79)80)61-54(62-53)68-30-27-64(28-31-68)22-12-8-6-4-3-5-7-9-14-44(70)56-21-11-10-13-42(50(81)82)58-55(85)59-43(51(83)84)19-20-45(71)72;/h15-18,41-43H,3-14,19-38H2,1-2H3,(H,56,70)(H,71,72)(H,73,74)(H,75,76)(H,77,78)(H,79,80)(H,81,82)(H,83,84)(H2,58,59,85)(H,57,60,61,62);/t41?,42-,43-;/m0./s1. The van der Waals surface area contributed by atoms with Crippen molar-refractivity contribution in [2.24, 2.45) is 0 Å². The molecule has 1 unspecified atom stereocenters. The zero-order valence-electron chi connectivity index (χ0n) is 49.2. The van der Waals surface area contributed by atoms with Gasteiger partial charge in [-0.2, -0.15) is 15.0 Å². The molecule has 2 aromatic rings. The number of carboxylic acids is 7. The number of unbranched alkanes of at least 4 members (excludes halogenated alkanes) is 8. The molecule has 4 rings (SSSR count). The molecule has 1 aromatic heterocycles. The topological polar surface area (TPSA) is 405 Å². The van der Waals surface area contributed by atoms with Crippen molar-refractivity contribution in [2.75, 3.05) is 140 Å². The molecule has 3 amide bonds. The van der Waals surface area contributed by atoms with Crippen LogP contribution in [0.5, 0.6) is 0 Å². The van der Waals surface area contributed by atoms with E-state index in [0.29, 0.717) is 55.8 Å². The smallest absolute Gasteiger partial charge is 0.326 e. The van der Waals surface area contributed by atoms with Gasteiger partial charge in [-0.1, -0.05) is 50.7 Å². The largest absolute Gasteiger partial charge is 0.481 e. The number of amides is 3. The van der Waals surface area contributed by atoms with Crippen LogP contribution >= 0.6 is 0 Å². The molecule has 2 saturated heterocycles. The fourth-order valence-electron chi connectivity index (χ4n) is 10.0. The second-order valence-electron chi connectivity index (χ2n) is 21.8. The summed E-state index contributed by atoms with van der Waals surface area (Å²) in [6, 6.07) is 3.17. The molecular formula is C55H88LuN14O16. The second-order valence-corrected chi connectivity index (χ2v) is 21.8. The summed E-state index contributed by atoms with van der Waals surface area (Å²) >= 11 is 0. The van der Waals surface area contributed by atoms with E-state index in [9.17, 15) is 73.8 Å². The average Bonchev–Trinajstić information content (AvgIpc) is 3.03. The van der Waals surface area contributed by atoms with Crippen LogP contribution in [0.2, 0.25) is 0 Å². The van der Waals surface area contributed by atoms with Crippen LogP contribution in [0.25, 0.3) is 0 Å². The van der Waals surface area contributed by atoms with Crippen LogP contribution in [-0.4, -0.2) is 272 Å². The molecule has 1 radical (unpaired) electrons. The number of hydrogen-bond acceptors (Lipinski definition) is 20. The van der Waals surface area contributed by atoms with Crippen molar-refractivity contribution in [3.63, 3.8) is 0 Å². The minimum Gasteiger partial charge on any atom is -0.481 e. The fourth-order valence-corrected chi connectivity index (χ4v) is 10.0. The molecule has 86 heavy (non-hydrogen) atoms. The number of carboxylic acid groups (broad SMARTS) is 7. The zero-order valence-corrected chi connectivity index (χ0v) is 50.9. The van der Waals surface area contributed by atoms with E-state index < -0.39 is 72.4 Å². The Bertz CT molecular complexity index is 2480. The fraction of sp³-hybridized carbons (Fsp3) is 0.673. The van der Waals surface area contributed by atoms with Crippen molar-refractivity contribution in [2.45, 2.75) is 114 Å². The Balaban J connectivity index is 0.0000194. The van der Waals surface area contributed by atoms with Crippen LogP contribution in [0, 0.1) is 36.9 Å². The second kappa shape index (κ2) is 40.2. The van der Waals surface area contributed by atoms with Crippen LogP contribution in [0.4, 0.5) is 28.3 Å². The molecule has 3 heterocycles. The number of nitrogens with one attached hydrogen (secondary N) is 4. The molecule has 2 fully saturated rings. The summed E-state index contributed by atoms with van der Waals surface area (Å²) in [6.07, 6.45) is 9.04. The van der Waals surface area contributed by atoms with Gasteiger partial charge < -0.3 is 66.8 Å². The van der Waals surface area contributed by atoms with Crippen molar-refractivity contribution in [1.29, 1.82) is 0 Å². The maximum atomic E-state index is 12.4. The maximum absolute atomic E-state index is 12.4. The van der Waals surface area contributed by atoms with E-state index in [0.717, 1.165) is 89.7 Å². The van der Waals surface area contributed by atoms with Gasteiger partial charge in [0.15, 0.2) is 0 Å². The first kappa shape index (κ1) is 73.9. The monoisotopic (exact) mass is 1380 g/mol.